The SMILES string of the molecule is COC(=O)[C@@H]1[C@@H]2C[C@H](CC2(F)F)N1Cc1ccccc1. The first-order valence-electron chi connectivity index (χ1n) is 6.78. The first-order chi connectivity index (χ1) is 9.53. The van der Waals surface area contributed by atoms with Crippen LogP contribution in [0.1, 0.15) is 18.4 Å². The Morgan fingerprint density at radius 2 is 2.10 bits per heavy atom. The van der Waals surface area contributed by atoms with Gasteiger partial charge in [0.05, 0.1) is 13.0 Å². The van der Waals surface area contributed by atoms with E-state index in [4.69, 9.17) is 4.74 Å². The summed E-state index contributed by atoms with van der Waals surface area (Å²) in [6.07, 6.45) is 0.220. The maximum absolute atomic E-state index is 13.9. The Labute approximate surface area is 116 Å². The number of ether oxygens (including phenoxy) is 1. The van der Waals surface area contributed by atoms with Crippen LogP contribution in [0.15, 0.2) is 30.3 Å². The number of fused-ring (bicyclic) bond motifs is 2. The number of halogens is 2. The fourth-order valence-corrected chi connectivity index (χ4v) is 3.53. The van der Waals surface area contributed by atoms with Crippen molar-refractivity contribution in [1.29, 1.82) is 0 Å². The number of methoxy groups -OCH3 is 1. The maximum Gasteiger partial charge on any atom is 0.323 e. The summed E-state index contributed by atoms with van der Waals surface area (Å²) >= 11 is 0. The molecule has 0 amide bonds. The number of alkyl halides is 2. The van der Waals surface area contributed by atoms with Crippen molar-refractivity contribution in [3.05, 3.63) is 35.9 Å². The number of nitrogens with zero attached hydrogens (tertiary/aromatic N) is 1. The summed E-state index contributed by atoms with van der Waals surface area (Å²) in [7, 11) is 1.26. The van der Waals surface area contributed by atoms with Crippen molar-refractivity contribution in [2.24, 2.45) is 5.92 Å². The number of likely N-dealkylation sites (tertiary alicyclic amines) is 1. The van der Waals surface area contributed by atoms with Crippen LogP contribution in [-0.2, 0) is 16.1 Å². The zero-order valence-electron chi connectivity index (χ0n) is 11.3. The molecule has 20 heavy (non-hydrogen) atoms. The highest BCUT2D eigenvalue weighted by Crippen LogP contribution is 2.52. The molecule has 108 valence electrons. The smallest absolute Gasteiger partial charge is 0.323 e. The summed E-state index contributed by atoms with van der Waals surface area (Å²) in [4.78, 5) is 13.8. The molecule has 3 rings (SSSR count). The van der Waals surface area contributed by atoms with E-state index in [1.54, 1.807) is 0 Å². The van der Waals surface area contributed by atoms with Crippen molar-refractivity contribution in [2.45, 2.75) is 37.4 Å². The Balaban J connectivity index is 1.85. The van der Waals surface area contributed by atoms with Gasteiger partial charge in [-0.2, -0.15) is 0 Å². The Kier molecular flexibility index (Phi) is 3.24. The molecule has 3 atom stereocenters. The minimum absolute atomic E-state index is 0.155. The molecule has 0 N–H and O–H groups in total. The highest BCUT2D eigenvalue weighted by atomic mass is 19.3. The van der Waals surface area contributed by atoms with Gasteiger partial charge in [0.15, 0.2) is 0 Å². The Morgan fingerprint density at radius 3 is 2.75 bits per heavy atom. The molecule has 0 radical (unpaired) electrons. The molecule has 1 aliphatic carbocycles. The number of carbonyl (C=O) groups excluding carboxylic acids is 1. The Bertz CT molecular complexity index is 506. The van der Waals surface area contributed by atoms with Gasteiger partial charge >= 0.3 is 5.97 Å². The standard InChI is InChI=1S/C15H17F2NO2/c1-20-14(19)13-12-7-11(8-15(12,16)17)18(13)9-10-5-3-2-4-6-10/h2-6,11-13H,7-9H2,1H3/t11-,12+,13+/m1/s1. The van der Waals surface area contributed by atoms with E-state index < -0.39 is 23.9 Å². The number of hydrogen-bond acceptors (Lipinski definition) is 3. The molecule has 0 spiro atoms. The average molecular weight is 281 g/mol. The van der Waals surface area contributed by atoms with E-state index in [0.29, 0.717) is 13.0 Å². The van der Waals surface area contributed by atoms with Crippen molar-refractivity contribution in [3.63, 3.8) is 0 Å². The maximum atomic E-state index is 13.9. The van der Waals surface area contributed by atoms with Crippen LogP contribution in [0.25, 0.3) is 0 Å². The van der Waals surface area contributed by atoms with Gasteiger partial charge in [-0.1, -0.05) is 30.3 Å². The number of benzene rings is 1. The van der Waals surface area contributed by atoms with E-state index in [0.717, 1.165) is 5.56 Å². The van der Waals surface area contributed by atoms with E-state index in [1.807, 2.05) is 35.2 Å². The largest absolute Gasteiger partial charge is 0.468 e. The topological polar surface area (TPSA) is 29.5 Å². The number of esters is 1. The molecular weight excluding hydrogens is 264 g/mol. The first kappa shape index (κ1) is 13.5. The first-order valence-corrected chi connectivity index (χ1v) is 6.78. The van der Waals surface area contributed by atoms with Gasteiger partial charge in [-0.05, 0) is 12.0 Å². The molecule has 1 aliphatic heterocycles. The van der Waals surface area contributed by atoms with Crippen molar-refractivity contribution in [1.82, 2.24) is 4.90 Å². The number of piperidine rings is 1. The molecule has 1 saturated carbocycles. The van der Waals surface area contributed by atoms with E-state index in [1.165, 1.54) is 7.11 Å². The van der Waals surface area contributed by atoms with Gasteiger partial charge in [0.2, 0.25) is 0 Å². The third-order valence-electron chi connectivity index (χ3n) is 4.43. The number of carbonyl (C=O) groups is 1. The fraction of sp³-hybridized carbons (Fsp3) is 0.533. The number of hydrogen-bond donors (Lipinski definition) is 0. The normalized spacial score (nSPS) is 31.4. The summed E-state index contributed by atoms with van der Waals surface area (Å²) in [5.41, 5.74) is 1.03. The van der Waals surface area contributed by atoms with Crippen LogP contribution in [0.2, 0.25) is 0 Å². The van der Waals surface area contributed by atoms with E-state index in [9.17, 15) is 13.6 Å². The second-order valence-corrected chi connectivity index (χ2v) is 5.59. The molecule has 1 aromatic rings. The fourth-order valence-electron chi connectivity index (χ4n) is 3.53. The Morgan fingerprint density at radius 1 is 1.40 bits per heavy atom. The van der Waals surface area contributed by atoms with Crippen molar-refractivity contribution >= 4 is 5.97 Å². The zero-order valence-corrected chi connectivity index (χ0v) is 11.3. The zero-order chi connectivity index (χ0) is 14.3. The number of rotatable bonds is 3. The van der Waals surface area contributed by atoms with Crippen molar-refractivity contribution in [2.75, 3.05) is 7.11 Å². The van der Waals surface area contributed by atoms with Gasteiger partial charge in [-0.3, -0.25) is 9.69 Å². The summed E-state index contributed by atoms with van der Waals surface area (Å²) in [5.74, 6) is -4.21. The minimum Gasteiger partial charge on any atom is -0.468 e. The lowest BCUT2D eigenvalue weighted by Crippen LogP contribution is -2.52. The lowest BCUT2D eigenvalue weighted by Gasteiger charge is -2.37. The molecule has 1 heterocycles. The van der Waals surface area contributed by atoms with E-state index >= 15 is 0 Å². The van der Waals surface area contributed by atoms with Gasteiger partial charge < -0.3 is 4.74 Å². The molecule has 2 bridgehead atoms. The van der Waals surface area contributed by atoms with Crippen LogP contribution in [0.3, 0.4) is 0 Å². The molecule has 0 unspecified atom stereocenters. The predicted molar refractivity (Wildman–Crippen MR) is 69.2 cm³/mol. The molecule has 1 saturated heterocycles. The van der Waals surface area contributed by atoms with E-state index in [-0.39, 0.29) is 12.5 Å². The molecule has 1 aromatic carbocycles. The highest BCUT2D eigenvalue weighted by molar-refractivity contribution is 5.77. The summed E-state index contributed by atoms with van der Waals surface area (Å²) in [6, 6.07) is 8.55. The Hall–Kier alpha value is -1.49. The summed E-state index contributed by atoms with van der Waals surface area (Å²) in [6.45, 7) is 0.512. The van der Waals surface area contributed by atoms with Crippen LogP contribution in [0.4, 0.5) is 8.78 Å². The highest BCUT2D eigenvalue weighted by Gasteiger charge is 2.63. The van der Waals surface area contributed by atoms with Gasteiger partial charge in [-0.15, -0.1) is 0 Å². The monoisotopic (exact) mass is 281 g/mol. The summed E-state index contributed by atoms with van der Waals surface area (Å²) in [5, 5.41) is 0. The lowest BCUT2D eigenvalue weighted by atomic mass is 9.94. The third-order valence-corrected chi connectivity index (χ3v) is 4.43. The lowest BCUT2D eigenvalue weighted by molar-refractivity contribution is -0.160. The molecule has 0 aromatic heterocycles. The van der Waals surface area contributed by atoms with Crippen molar-refractivity contribution in [3.8, 4) is 0 Å². The van der Waals surface area contributed by atoms with E-state index in [2.05, 4.69) is 0 Å². The molecule has 3 nitrogen and oxygen atoms in total. The van der Waals surface area contributed by atoms with Crippen LogP contribution in [0.5, 0.6) is 0 Å². The molecule has 2 fully saturated rings. The summed E-state index contributed by atoms with van der Waals surface area (Å²) < 4.78 is 32.5. The predicted octanol–water partition coefficient (Wildman–Crippen LogP) is 2.46. The third kappa shape index (κ3) is 2.10. The quantitative estimate of drug-likeness (QED) is 0.797. The van der Waals surface area contributed by atoms with Crippen LogP contribution >= 0.6 is 0 Å². The van der Waals surface area contributed by atoms with Gasteiger partial charge in [-0.25, -0.2) is 8.78 Å². The molecule has 2 aliphatic rings. The average Bonchev–Trinajstić information content (AvgIpc) is 2.92. The van der Waals surface area contributed by atoms with Crippen LogP contribution < -0.4 is 0 Å². The molecular formula is C15H17F2NO2. The van der Waals surface area contributed by atoms with Gasteiger partial charge in [0.25, 0.3) is 5.92 Å². The van der Waals surface area contributed by atoms with Gasteiger partial charge in [0.1, 0.15) is 6.04 Å². The van der Waals surface area contributed by atoms with Crippen LogP contribution in [0, 0.1) is 5.92 Å². The van der Waals surface area contributed by atoms with Gasteiger partial charge in [0, 0.05) is 19.0 Å². The minimum atomic E-state index is -2.75. The molecule has 5 heteroatoms. The second-order valence-electron chi connectivity index (χ2n) is 5.59. The van der Waals surface area contributed by atoms with Crippen molar-refractivity contribution < 1.29 is 18.3 Å². The second kappa shape index (κ2) is 4.81. The van der Waals surface area contributed by atoms with Crippen LogP contribution in [-0.4, -0.2) is 36.0 Å².